The van der Waals surface area contributed by atoms with Gasteiger partial charge < -0.3 is 10.6 Å². The molecule has 2 amide bonds. The Kier molecular flexibility index (Phi) is 4.54. The number of alkyl halides is 2. The molecular weight excluding hydrogens is 278 g/mol. The first kappa shape index (κ1) is 16.2. The van der Waals surface area contributed by atoms with Crippen LogP contribution in [0.2, 0.25) is 0 Å². The van der Waals surface area contributed by atoms with Crippen LogP contribution in [0.15, 0.2) is 0 Å². The molecule has 0 radical (unpaired) electrons. The monoisotopic (exact) mass is 302 g/mol. The van der Waals surface area contributed by atoms with Crippen LogP contribution in [0.25, 0.3) is 0 Å². The van der Waals surface area contributed by atoms with E-state index in [2.05, 4.69) is 10.6 Å². The molecule has 0 saturated heterocycles. The molecule has 2 aliphatic rings. The topological polar surface area (TPSA) is 58.2 Å². The molecule has 0 aromatic heterocycles. The smallest absolute Gasteiger partial charge is 0.263 e. The quantitative estimate of drug-likeness (QED) is 0.835. The third kappa shape index (κ3) is 3.52. The van der Waals surface area contributed by atoms with Gasteiger partial charge >= 0.3 is 0 Å². The van der Waals surface area contributed by atoms with Crippen LogP contribution < -0.4 is 10.6 Å². The summed E-state index contributed by atoms with van der Waals surface area (Å²) >= 11 is 0. The summed E-state index contributed by atoms with van der Waals surface area (Å²) in [4.78, 5) is 23.9. The van der Waals surface area contributed by atoms with Gasteiger partial charge in [-0.3, -0.25) is 9.59 Å². The highest BCUT2D eigenvalue weighted by atomic mass is 19.3. The summed E-state index contributed by atoms with van der Waals surface area (Å²) in [7, 11) is 0. The van der Waals surface area contributed by atoms with E-state index in [1.54, 1.807) is 0 Å². The molecule has 2 unspecified atom stereocenters. The van der Waals surface area contributed by atoms with E-state index in [1.807, 2.05) is 13.8 Å². The van der Waals surface area contributed by atoms with Crippen LogP contribution in [0.3, 0.4) is 0 Å². The molecule has 2 rings (SSSR count). The Morgan fingerprint density at radius 3 is 2.33 bits per heavy atom. The fourth-order valence-electron chi connectivity index (χ4n) is 3.13. The van der Waals surface area contributed by atoms with Crippen molar-refractivity contribution in [2.45, 2.75) is 64.5 Å². The van der Waals surface area contributed by atoms with Gasteiger partial charge in [0.1, 0.15) is 5.92 Å². The summed E-state index contributed by atoms with van der Waals surface area (Å²) in [6.07, 6.45) is 2.92. The average Bonchev–Trinajstić information content (AvgIpc) is 2.87. The second-order valence-corrected chi connectivity index (χ2v) is 6.67. The molecule has 0 bridgehead atoms. The molecule has 21 heavy (non-hydrogen) atoms. The molecule has 2 fully saturated rings. The highest BCUT2D eigenvalue weighted by molar-refractivity contribution is 5.84. The Balaban J connectivity index is 1.85. The van der Waals surface area contributed by atoms with Gasteiger partial charge in [-0.05, 0) is 33.1 Å². The van der Waals surface area contributed by atoms with Crippen molar-refractivity contribution in [3.8, 4) is 0 Å². The second-order valence-electron chi connectivity index (χ2n) is 6.67. The SMILES string of the molecule is CC(C)NC(=O)C1CCCC(NC(=O)[C@@H]2[C@@H](C)C2(F)F)C1. The van der Waals surface area contributed by atoms with Crippen molar-refractivity contribution in [2.24, 2.45) is 17.8 Å². The number of rotatable bonds is 4. The number of carbonyl (C=O) groups is 2. The maximum atomic E-state index is 13.2. The standard InChI is InChI=1S/C15H24F2N2O2/c1-8(2)18-13(20)10-5-4-6-11(7-10)19-14(21)12-9(3)15(12,16)17/h8-12H,4-7H2,1-3H3,(H,18,20)(H,19,21)/t9-,10?,11?,12+/m1/s1. The number of amides is 2. The van der Waals surface area contributed by atoms with Gasteiger partial charge in [0.05, 0.1) is 0 Å². The van der Waals surface area contributed by atoms with E-state index in [1.165, 1.54) is 6.92 Å². The second kappa shape index (κ2) is 5.89. The van der Waals surface area contributed by atoms with Crippen molar-refractivity contribution in [1.29, 1.82) is 0 Å². The molecule has 0 aliphatic heterocycles. The van der Waals surface area contributed by atoms with E-state index in [0.717, 1.165) is 19.3 Å². The molecule has 0 spiro atoms. The Morgan fingerprint density at radius 2 is 1.81 bits per heavy atom. The zero-order chi connectivity index (χ0) is 15.8. The zero-order valence-electron chi connectivity index (χ0n) is 12.8. The molecule has 2 saturated carbocycles. The minimum atomic E-state index is -2.87. The number of hydrogen-bond donors (Lipinski definition) is 2. The van der Waals surface area contributed by atoms with Crippen LogP contribution in [0.4, 0.5) is 8.78 Å². The lowest BCUT2D eigenvalue weighted by atomic mass is 9.85. The summed E-state index contributed by atoms with van der Waals surface area (Å²) in [6.45, 7) is 5.19. The normalized spacial score (nSPS) is 34.4. The molecule has 120 valence electrons. The predicted molar refractivity (Wildman–Crippen MR) is 74.8 cm³/mol. The molecule has 0 aromatic carbocycles. The van der Waals surface area contributed by atoms with Gasteiger partial charge in [-0.25, -0.2) is 8.78 Å². The van der Waals surface area contributed by atoms with Crippen molar-refractivity contribution >= 4 is 11.8 Å². The zero-order valence-corrected chi connectivity index (χ0v) is 12.8. The maximum absolute atomic E-state index is 13.2. The molecule has 4 nitrogen and oxygen atoms in total. The molecular formula is C15H24F2N2O2. The maximum Gasteiger partial charge on any atom is 0.263 e. The van der Waals surface area contributed by atoms with Crippen molar-refractivity contribution in [3.63, 3.8) is 0 Å². The molecule has 2 aliphatic carbocycles. The summed E-state index contributed by atoms with van der Waals surface area (Å²) in [5.41, 5.74) is 0. The lowest BCUT2D eigenvalue weighted by Crippen LogP contribution is -2.44. The van der Waals surface area contributed by atoms with Crippen LogP contribution in [0, 0.1) is 17.8 Å². The van der Waals surface area contributed by atoms with Gasteiger partial charge in [0, 0.05) is 23.9 Å². The Morgan fingerprint density at radius 1 is 1.19 bits per heavy atom. The van der Waals surface area contributed by atoms with Gasteiger partial charge in [-0.1, -0.05) is 13.3 Å². The van der Waals surface area contributed by atoms with Gasteiger partial charge in [-0.2, -0.15) is 0 Å². The Hall–Kier alpha value is -1.20. The highest BCUT2D eigenvalue weighted by Crippen LogP contribution is 2.54. The average molecular weight is 302 g/mol. The van der Waals surface area contributed by atoms with Gasteiger partial charge in [0.25, 0.3) is 5.92 Å². The van der Waals surface area contributed by atoms with E-state index in [0.29, 0.717) is 6.42 Å². The van der Waals surface area contributed by atoms with E-state index >= 15 is 0 Å². The predicted octanol–water partition coefficient (Wildman–Crippen LogP) is 2.09. The largest absolute Gasteiger partial charge is 0.354 e. The van der Waals surface area contributed by atoms with Gasteiger partial charge in [-0.15, -0.1) is 0 Å². The summed E-state index contributed by atoms with van der Waals surface area (Å²) in [6, 6.07) is -0.0868. The molecule has 2 N–H and O–H groups in total. The van der Waals surface area contributed by atoms with Crippen molar-refractivity contribution < 1.29 is 18.4 Å². The highest BCUT2D eigenvalue weighted by Gasteiger charge is 2.69. The first-order valence-corrected chi connectivity index (χ1v) is 7.72. The van der Waals surface area contributed by atoms with E-state index in [4.69, 9.17) is 0 Å². The number of carbonyl (C=O) groups excluding carboxylic acids is 2. The van der Waals surface area contributed by atoms with Crippen LogP contribution in [-0.4, -0.2) is 29.8 Å². The van der Waals surface area contributed by atoms with Crippen LogP contribution in [0.1, 0.15) is 46.5 Å². The van der Waals surface area contributed by atoms with Crippen molar-refractivity contribution in [1.82, 2.24) is 10.6 Å². The van der Waals surface area contributed by atoms with Crippen LogP contribution in [-0.2, 0) is 9.59 Å². The van der Waals surface area contributed by atoms with E-state index < -0.39 is 23.7 Å². The van der Waals surface area contributed by atoms with Crippen LogP contribution >= 0.6 is 0 Å². The fourth-order valence-corrected chi connectivity index (χ4v) is 3.13. The molecule has 0 heterocycles. The minimum Gasteiger partial charge on any atom is -0.354 e. The molecule has 4 atom stereocenters. The summed E-state index contributed by atoms with van der Waals surface area (Å²) < 4.78 is 26.4. The van der Waals surface area contributed by atoms with Crippen molar-refractivity contribution in [2.75, 3.05) is 0 Å². The van der Waals surface area contributed by atoms with Gasteiger partial charge in [0.2, 0.25) is 11.8 Å². The fraction of sp³-hybridized carbons (Fsp3) is 0.867. The number of hydrogen-bond acceptors (Lipinski definition) is 2. The minimum absolute atomic E-state index is 0.00549. The van der Waals surface area contributed by atoms with E-state index in [-0.39, 0.29) is 23.9 Å². The van der Waals surface area contributed by atoms with Gasteiger partial charge in [0.15, 0.2) is 0 Å². The lowest BCUT2D eigenvalue weighted by Gasteiger charge is -2.29. The van der Waals surface area contributed by atoms with E-state index in [9.17, 15) is 18.4 Å². The lowest BCUT2D eigenvalue weighted by molar-refractivity contribution is -0.129. The van der Waals surface area contributed by atoms with Crippen molar-refractivity contribution in [3.05, 3.63) is 0 Å². The van der Waals surface area contributed by atoms with Crippen LogP contribution in [0.5, 0.6) is 0 Å². The molecule has 6 heteroatoms. The first-order valence-electron chi connectivity index (χ1n) is 7.72. The Bertz CT molecular complexity index is 426. The number of nitrogens with one attached hydrogen (secondary N) is 2. The Labute approximate surface area is 124 Å². The summed E-state index contributed by atoms with van der Waals surface area (Å²) in [5, 5.41) is 5.58. The molecule has 0 aromatic rings. The third-order valence-corrected chi connectivity index (χ3v) is 4.52. The first-order chi connectivity index (χ1) is 9.73. The number of halogens is 2. The summed E-state index contributed by atoms with van der Waals surface area (Å²) in [5.74, 6) is -5.64. The third-order valence-electron chi connectivity index (χ3n) is 4.52.